The number of ether oxygens (including phenoxy) is 2. The molecule has 0 aliphatic rings. The number of halogens is 1. The molecule has 3 aromatic carbocycles. The van der Waals surface area contributed by atoms with E-state index in [1.807, 2.05) is 18.2 Å². The van der Waals surface area contributed by atoms with Crippen molar-refractivity contribution in [2.75, 3.05) is 11.9 Å². The minimum atomic E-state index is -0.546. The third-order valence-corrected chi connectivity index (χ3v) is 3.82. The molecule has 0 saturated heterocycles. The first-order valence-electron chi connectivity index (χ1n) is 8.59. The molecule has 0 aliphatic heterocycles. The van der Waals surface area contributed by atoms with E-state index < -0.39 is 5.97 Å². The molecule has 0 saturated carbocycles. The van der Waals surface area contributed by atoms with Crippen LogP contribution in [-0.4, -0.2) is 18.5 Å². The fraction of sp³-hybridized carbons (Fsp3) is 0.0909. The summed E-state index contributed by atoms with van der Waals surface area (Å²) < 4.78 is 23.2. The molecule has 3 aromatic rings. The zero-order chi connectivity index (χ0) is 19.8. The van der Waals surface area contributed by atoms with E-state index in [9.17, 15) is 14.0 Å². The average Bonchev–Trinajstić information content (AvgIpc) is 2.73. The van der Waals surface area contributed by atoms with Gasteiger partial charge in [0.2, 0.25) is 0 Å². The molecular formula is C22H18FNO4. The number of hydrogen-bond donors (Lipinski definition) is 1. The van der Waals surface area contributed by atoms with Gasteiger partial charge in [-0.05, 0) is 54.1 Å². The quantitative estimate of drug-likeness (QED) is 0.625. The predicted octanol–water partition coefficient (Wildman–Crippen LogP) is 4.20. The van der Waals surface area contributed by atoms with E-state index in [1.54, 1.807) is 36.4 Å². The summed E-state index contributed by atoms with van der Waals surface area (Å²) in [6.45, 7) is -0.213. The molecule has 1 amide bonds. The zero-order valence-corrected chi connectivity index (χ0v) is 14.9. The molecule has 0 spiro atoms. The normalized spacial score (nSPS) is 10.2. The molecule has 0 bridgehead atoms. The minimum Gasteiger partial charge on any atom is -0.482 e. The molecular weight excluding hydrogens is 361 g/mol. The molecule has 0 heterocycles. The Labute approximate surface area is 161 Å². The van der Waals surface area contributed by atoms with E-state index in [2.05, 4.69) is 5.32 Å². The van der Waals surface area contributed by atoms with Crippen molar-refractivity contribution in [3.63, 3.8) is 0 Å². The Morgan fingerprint density at radius 2 is 1.54 bits per heavy atom. The molecule has 0 radical (unpaired) electrons. The van der Waals surface area contributed by atoms with Crippen molar-refractivity contribution in [3.8, 4) is 5.75 Å². The lowest BCUT2D eigenvalue weighted by atomic mass is 10.1. The highest BCUT2D eigenvalue weighted by Gasteiger charge is 2.08. The maximum Gasteiger partial charge on any atom is 0.344 e. The van der Waals surface area contributed by atoms with Gasteiger partial charge >= 0.3 is 5.97 Å². The van der Waals surface area contributed by atoms with Crippen LogP contribution in [0.2, 0.25) is 0 Å². The number of amides is 1. The monoisotopic (exact) mass is 379 g/mol. The maximum atomic E-state index is 12.8. The van der Waals surface area contributed by atoms with Gasteiger partial charge < -0.3 is 14.8 Å². The third-order valence-electron chi connectivity index (χ3n) is 3.82. The molecule has 1 N–H and O–H groups in total. The van der Waals surface area contributed by atoms with E-state index in [0.717, 1.165) is 5.56 Å². The van der Waals surface area contributed by atoms with Crippen LogP contribution in [0.25, 0.3) is 0 Å². The van der Waals surface area contributed by atoms with Gasteiger partial charge in [-0.25, -0.2) is 9.18 Å². The lowest BCUT2D eigenvalue weighted by Crippen LogP contribution is -2.15. The number of benzene rings is 3. The van der Waals surface area contributed by atoms with E-state index in [4.69, 9.17) is 9.47 Å². The molecule has 28 heavy (non-hydrogen) atoms. The number of esters is 1. The fourth-order valence-electron chi connectivity index (χ4n) is 2.36. The Morgan fingerprint density at radius 1 is 0.857 bits per heavy atom. The highest BCUT2D eigenvalue weighted by Crippen LogP contribution is 2.12. The number of rotatable bonds is 7. The molecule has 0 aromatic heterocycles. The summed E-state index contributed by atoms with van der Waals surface area (Å²) >= 11 is 0. The highest BCUT2D eigenvalue weighted by molar-refractivity contribution is 6.04. The van der Waals surface area contributed by atoms with Crippen LogP contribution in [0.3, 0.4) is 0 Å². The Bertz CT molecular complexity index is 925. The van der Waals surface area contributed by atoms with Gasteiger partial charge in [0.15, 0.2) is 6.61 Å². The van der Waals surface area contributed by atoms with Gasteiger partial charge in [-0.15, -0.1) is 0 Å². The maximum absolute atomic E-state index is 12.8. The lowest BCUT2D eigenvalue weighted by Gasteiger charge is -2.08. The SMILES string of the molecule is O=C(COc1ccc(F)cc1)OCc1ccc(C(=O)Nc2ccccc2)cc1. The summed E-state index contributed by atoms with van der Waals surface area (Å²) in [6, 6.07) is 21.3. The number of anilines is 1. The van der Waals surface area contributed by atoms with Gasteiger partial charge in [-0.3, -0.25) is 4.79 Å². The summed E-state index contributed by atoms with van der Waals surface area (Å²) in [7, 11) is 0. The van der Waals surface area contributed by atoms with Crippen molar-refractivity contribution in [1.29, 1.82) is 0 Å². The second kappa shape index (κ2) is 9.32. The topological polar surface area (TPSA) is 64.6 Å². The number of carbonyl (C=O) groups excluding carboxylic acids is 2. The van der Waals surface area contributed by atoms with Crippen molar-refractivity contribution in [1.82, 2.24) is 0 Å². The third kappa shape index (κ3) is 5.67. The van der Waals surface area contributed by atoms with Crippen molar-refractivity contribution in [2.24, 2.45) is 0 Å². The molecule has 0 atom stereocenters. The van der Waals surface area contributed by atoms with Crippen LogP contribution in [0.4, 0.5) is 10.1 Å². The van der Waals surface area contributed by atoms with Crippen LogP contribution >= 0.6 is 0 Å². The number of carbonyl (C=O) groups is 2. The molecule has 0 fully saturated rings. The van der Waals surface area contributed by atoms with Crippen molar-refractivity contribution in [2.45, 2.75) is 6.61 Å². The van der Waals surface area contributed by atoms with Gasteiger partial charge in [0.1, 0.15) is 18.2 Å². The van der Waals surface area contributed by atoms with Crippen LogP contribution < -0.4 is 10.1 Å². The van der Waals surface area contributed by atoms with E-state index in [0.29, 0.717) is 17.0 Å². The van der Waals surface area contributed by atoms with Crippen LogP contribution in [-0.2, 0) is 16.1 Å². The highest BCUT2D eigenvalue weighted by atomic mass is 19.1. The molecule has 0 aliphatic carbocycles. The van der Waals surface area contributed by atoms with Crippen LogP contribution in [0.5, 0.6) is 5.75 Å². The standard InChI is InChI=1S/C22H18FNO4/c23-18-10-12-20(13-11-18)27-15-21(25)28-14-16-6-8-17(9-7-16)22(26)24-19-4-2-1-3-5-19/h1-13H,14-15H2,(H,24,26). The van der Waals surface area contributed by atoms with Gasteiger partial charge in [-0.1, -0.05) is 30.3 Å². The molecule has 3 rings (SSSR count). The van der Waals surface area contributed by atoms with Crippen LogP contribution in [0.1, 0.15) is 15.9 Å². The molecule has 0 unspecified atom stereocenters. The number of para-hydroxylation sites is 1. The summed E-state index contributed by atoms with van der Waals surface area (Å²) in [4.78, 5) is 23.9. The fourth-order valence-corrected chi connectivity index (χ4v) is 2.36. The Kier molecular flexibility index (Phi) is 6.36. The predicted molar refractivity (Wildman–Crippen MR) is 103 cm³/mol. The summed E-state index contributed by atoms with van der Waals surface area (Å²) in [5.74, 6) is -0.763. The van der Waals surface area contributed by atoms with E-state index in [1.165, 1.54) is 24.3 Å². The second-order valence-corrected chi connectivity index (χ2v) is 5.92. The number of hydrogen-bond acceptors (Lipinski definition) is 4. The molecule has 6 heteroatoms. The van der Waals surface area contributed by atoms with Crippen LogP contribution in [0.15, 0.2) is 78.9 Å². The summed E-state index contributed by atoms with van der Waals surface area (Å²) in [5, 5.41) is 2.80. The summed E-state index contributed by atoms with van der Waals surface area (Å²) in [5.41, 5.74) is 1.96. The summed E-state index contributed by atoms with van der Waals surface area (Å²) in [6.07, 6.45) is 0. The van der Waals surface area contributed by atoms with Gasteiger partial charge in [-0.2, -0.15) is 0 Å². The number of nitrogens with one attached hydrogen (secondary N) is 1. The van der Waals surface area contributed by atoms with Crippen molar-refractivity contribution in [3.05, 3.63) is 95.8 Å². The van der Waals surface area contributed by atoms with E-state index in [-0.39, 0.29) is 24.9 Å². The van der Waals surface area contributed by atoms with Gasteiger partial charge in [0.25, 0.3) is 5.91 Å². The minimum absolute atomic E-state index is 0.0617. The first-order chi connectivity index (χ1) is 13.6. The van der Waals surface area contributed by atoms with Crippen LogP contribution in [0, 0.1) is 5.82 Å². The average molecular weight is 379 g/mol. The zero-order valence-electron chi connectivity index (χ0n) is 14.9. The largest absolute Gasteiger partial charge is 0.482 e. The second-order valence-electron chi connectivity index (χ2n) is 5.92. The molecule has 142 valence electrons. The van der Waals surface area contributed by atoms with Gasteiger partial charge in [0.05, 0.1) is 0 Å². The Hall–Kier alpha value is -3.67. The van der Waals surface area contributed by atoms with Crippen molar-refractivity contribution < 1.29 is 23.5 Å². The first-order valence-corrected chi connectivity index (χ1v) is 8.59. The molecule has 5 nitrogen and oxygen atoms in total. The Balaban J connectivity index is 1.45. The van der Waals surface area contributed by atoms with E-state index >= 15 is 0 Å². The Morgan fingerprint density at radius 3 is 2.21 bits per heavy atom. The lowest BCUT2D eigenvalue weighted by molar-refractivity contribution is -0.147. The smallest absolute Gasteiger partial charge is 0.344 e. The van der Waals surface area contributed by atoms with Gasteiger partial charge in [0, 0.05) is 11.3 Å². The first kappa shape index (κ1) is 19.1. The van der Waals surface area contributed by atoms with Crippen molar-refractivity contribution >= 4 is 17.6 Å².